The maximum atomic E-state index is 12.9. The van der Waals surface area contributed by atoms with Crippen LogP contribution in [0.3, 0.4) is 0 Å². The van der Waals surface area contributed by atoms with Crippen LogP contribution in [0.4, 0.5) is 0 Å². The summed E-state index contributed by atoms with van der Waals surface area (Å²) in [6, 6.07) is 6.37. The molecule has 1 amide bonds. The highest BCUT2D eigenvalue weighted by Gasteiger charge is 2.32. The molecular weight excluding hydrogens is 312 g/mol. The highest BCUT2D eigenvalue weighted by molar-refractivity contribution is 7.89. The summed E-state index contributed by atoms with van der Waals surface area (Å²) in [5.74, 6) is 0.541. The van der Waals surface area contributed by atoms with Crippen LogP contribution in [0.1, 0.15) is 37.6 Å². The number of carbonyl (C=O) groups excluding carboxylic acids is 1. The summed E-state index contributed by atoms with van der Waals surface area (Å²) < 4.78 is 27.3. The van der Waals surface area contributed by atoms with Crippen molar-refractivity contribution in [2.24, 2.45) is 11.8 Å². The van der Waals surface area contributed by atoms with Crippen molar-refractivity contribution in [2.75, 3.05) is 26.7 Å². The minimum absolute atomic E-state index is 0.162. The van der Waals surface area contributed by atoms with E-state index in [0.717, 1.165) is 6.42 Å². The Morgan fingerprint density at radius 3 is 2.43 bits per heavy atom. The molecule has 1 fully saturated rings. The third kappa shape index (κ3) is 3.93. The molecule has 0 aromatic heterocycles. The summed E-state index contributed by atoms with van der Waals surface area (Å²) in [6.45, 7) is 7.70. The van der Waals surface area contributed by atoms with Gasteiger partial charge in [-0.2, -0.15) is 4.31 Å². The first-order valence-electron chi connectivity index (χ1n) is 8.11. The maximum Gasteiger partial charge on any atom is 0.253 e. The zero-order chi connectivity index (χ0) is 17.2. The van der Waals surface area contributed by atoms with Gasteiger partial charge in [0.15, 0.2) is 0 Å². The van der Waals surface area contributed by atoms with E-state index in [-0.39, 0.29) is 10.8 Å². The first-order valence-corrected chi connectivity index (χ1v) is 9.55. The molecule has 1 aromatic carbocycles. The van der Waals surface area contributed by atoms with Crippen LogP contribution in [0.15, 0.2) is 29.2 Å². The number of piperidine rings is 1. The van der Waals surface area contributed by atoms with Gasteiger partial charge >= 0.3 is 0 Å². The van der Waals surface area contributed by atoms with Crippen LogP contribution in [0.2, 0.25) is 0 Å². The lowest BCUT2D eigenvalue weighted by molar-refractivity contribution is 0.0802. The molecule has 0 bridgehead atoms. The van der Waals surface area contributed by atoms with Gasteiger partial charge in [0.1, 0.15) is 0 Å². The predicted octanol–water partition coefficient (Wildman–Crippen LogP) is 2.45. The number of sulfonamides is 1. The van der Waals surface area contributed by atoms with Crippen LogP contribution in [-0.2, 0) is 10.0 Å². The number of benzene rings is 1. The van der Waals surface area contributed by atoms with Crippen LogP contribution >= 0.6 is 0 Å². The minimum atomic E-state index is -3.55. The van der Waals surface area contributed by atoms with Gasteiger partial charge in [0.2, 0.25) is 10.0 Å². The Bertz CT molecular complexity index is 662. The summed E-state index contributed by atoms with van der Waals surface area (Å²) in [4.78, 5) is 14.0. The van der Waals surface area contributed by atoms with Crippen molar-refractivity contribution in [1.82, 2.24) is 9.21 Å². The molecule has 23 heavy (non-hydrogen) atoms. The van der Waals surface area contributed by atoms with Crippen molar-refractivity contribution < 1.29 is 13.2 Å². The third-order valence-electron chi connectivity index (χ3n) is 4.38. The van der Waals surface area contributed by atoms with Crippen LogP contribution < -0.4 is 0 Å². The monoisotopic (exact) mass is 338 g/mol. The fraction of sp³-hybridized carbons (Fsp3) is 0.588. The van der Waals surface area contributed by atoms with Gasteiger partial charge in [-0.05, 0) is 43.4 Å². The molecule has 0 aliphatic carbocycles. The molecule has 2 atom stereocenters. The second kappa shape index (κ2) is 7.01. The van der Waals surface area contributed by atoms with E-state index in [2.05, 4.69) is 13.8 Å². The SMILES string of the molecule is CCN(C)C(=O)c1cccc(S(=O)(=O)N2CC(C)CC(C)C2)c1. The molecule has 0 radical (unpaired) electrons. The van der Waals surface area contributed by atoms with E-state index in [0.29, 0.717) is 37.0 Å². The highest BCUT2D eigenvalue weighted by atomic mass is 32.2. The number of amides is 1. The Hall–Kier alpha value is -1.40. The van der Waals surface area contributed by atoms with Crippen LogP contribution in [0.25, 0.3) is 0 Å². The Labute approximate surface area is 139 Å². The van der Waals surface area contributed by atoms with Crippen molar-refractivity contribution in [3.05, 3.63) is 29.8 Å². The fourth-order valence-electron chi connectivity index (χ4n) is 3.10. The van der Waals surface area contributed by atoms with Gasteiger partial charge in [-0.1, -0.05) is 19.9 Å². The predicted molar refractivity (Wildman–Crippen MR) is 90.8 cm³/mol. The number of rotatable bonds is 4. The van der Waals surface area contributed by atoms with Gasteiger partial charge in [-0.15, -0.1) is 0 Å². The summed E-state index contributed by atoms with van der Waals surface area (Å²) >= 11 is 0. The average Bonchev–Trinajstić information content (AvgIpc) is 2.52. The van der Waals surface area contributed by atoms with E-state index in [1.54, 1.807) is 34.5 Å². The molecule has 128 valence electrons. The molecule has 0 N–H and O–H groups in total. The highest BCUT2D eigenvalue weighted by Crippen LogP contribution is 2.27. The van der Waals surface area contributed by atoms with Gasteiger partial charge in [0.05, 0.1) is 4.90 Å². The first-order chi connectivity index (χ1) is 10.8. The average molecular weight is 338 g/mol. The van der Waals surface area contributed by atoms with Crippen LogP contribution in [0.5, 0.6) is 0 Å². The second-order valence-corrected chi connectivity index (χ2v) is 8.55. The third-order valence-corrected chi connectivity index (χ3v) is 6.20. The zero-order valence-electron chi connectivity index (χ0n) is 14.3. The fourth-order valence-corrected chi connectivity index (χ4v) is 4.83. The van der Waals surface area contributed by atoms with Crippen molar-refractivity contribution in [3.8, 4) is 0 Å². The summed E-state index contributed by atoms with van der Waals surface area (Å²) in [7, 11) is -1.85. The Morgan fingerprint density at radius 2 is 1.87 bits per heavy atom. The maximum absolute atomic E-state index is 12.9. The lowest BCUT2D eigenvalue weighted by atomic mass is 9.94. The number of carbonyl (C=O) groups is 1. The lowest BCUT2D eigenvalue weighted by Gasteiger charge is -2.34. The van der Waals surface area contributed by atoms with Crippen molar-refractivity contribution >= 4 is 15.9 Å². The number of nitrogens with zero attached hydrogens (tertiary/aromatic N) is 2. The van der Waals surface area contributed by atoms with E-state index in [4.69, 9.17) is 0 Å². The summed E-state index contributed by atoms with van der Waals surface area (Å²) in [5, 5.41) is 0. The van der Waals surface area contributed by atoms with E-state index in [1.807, 2.05) is 6.92 Å². The minimum Gasteiger partial charge on any atom is -0.342 e. The molecule has 1 aliphatic heterocycles. The molecule has 0 saturated carbocycles. The number of hydrogen-bond acceptors (Lipinski definition) is 3. The van der Waals surface area contributed by atoms with Crippen molar-refractivity contribution in [3.63, 3.8) is 0 Å². The van der Waals surface area contributed by atoms with Crippen molar-refractivity contribution in [1.29, 1.82) is 0 Å². The van der Waals surface area contributed by atoms with E-state index in [1.165, 1.54) is 6.07 Å². The molecule has 2 rings (SSSR count). The topological polar surface area (TPSA) is 57.7 Å². The quantitative estimate of drug-likeness (QED) is 0.847. The van der Waals surface area contributed by atoms with Gasteiger partial charge in [-0.3, -0.25) is 4.79 Å². The summed E-state index contributed by atoms with van der Waals surface area (Å²) in [6.07, 6.45) is 1.05. The van der Waals surface area contributed by atoms with Gasteiger partial charge in [0.25, 0.3) is 5.91 Å². The Kier molecular flexibility index (Phi) is 5.47. The molecule has 5 nitrogen and oxygen atoms in total. The Morgan fingerprint density at radius 1 is 1.26 bits per heavy atom. The summed E-state index contributed by atoms with van der Waals surface area (Å²) in [5.41, 5.74) is 0.411. The molecule has 1 aliphatic rings. The van der Waals surface area contributed by atoms with Gasteiger partial charge in [0, 0.05) is 32.2 Å². The molecule has 0 spiro atoms. The van der Waals surface area contributed by atoms with Crippen LogP contribution in [-0.4, -0.2) is 50.2 Å². The second-order valence-electron chi connectivity index (χ2n) is 6.62. The van der Waals surface area contributed by atoms with E-state index in [9.17, 15) is 13.2 Å². The van der Waals surface area contributed by atoms with Gasteiger partial charge in [-0.25, -0.2) is 8.42 Å². The molecular formula is C17H26N2O3S. The van der Waals surface area contributed by atoms with E-state index < -0.39 is 10.0 Å². The van der Waals surface area contributed by atoms with Crippen molar-refractivity contribution in [2.45, 2.75) is 32.1 Å². The number of hydrogen-bond donors (Lipinski definition) is 0. The normalized spacial score (nSPS) is 22.8. The smallest absolute Gasteiger partial charge is 0.253 e. The zero-order valence-corrected chi connectivity index (χ0v) is 15.1. The largest absolute Gasteiger partial charge is 0.342 e. The molecule has 1 aromatic rings. The molecule has 6 heteroatoms. The van der Waals surface area contributed by atoms with Gasteiger partial charge < -0.3 is 4.90 Å². The molecule has 1 heterocycles. The van der Waals surface area contributed by atoms with Crippen LogP contribution in [0, 0.1) is 11.8 Å². The Balaban J connectivity index is 2.32. The molecule has 1 saturated heterocycles. The lowest BCUT2D eigenvalue weighted by Crippen LogP contribution is -2.42. The first kappa shape index (κ1) is 17.9. The standard InChI is InChI=1S/C17H26N2O3S/c1-5-18(4)17(20)15-7-6-8-16(10-15)23(21,22)19-11-13(2)9-14(3)12-19/h6-8,10,13-14H,5,9,11-12H2,1-4H3. The van der Waals surface area contributed by atoms with E-state index >= 15 is 0 Å². The molecule has 2 unspecified atom stereocenters.